The third-order valence-electron chi connectivity index (χ3n) is 4.04. The van der Waals surface area contributed by atoms with E-state index >= 15 is 0 Å². The third kappa shape index (κ3) is 4.68. The van der Waals surface area contributed by atoms with Crippen LogP contribution in [0.1, 0.15) is 18.1 Å². The molecule has 1 N–H and O–H groups in total. The van der Waals surface area contributed by atoms with E-state index in [0.717, 1.165) is 28.1 Å². The molecule has 6 nitrogen and oxygen atoms in total. The predicted molar refractivity (Wildman–Crippen MR) is 106 cm³/mol. The molecule has 3 aromatic rings. The molecule has 7 heteroatoms. The van der Waals surface area contributed by atoms with Gasteiger partial charge in [0.25, 0.3) is 5.22 Å². The minimum absolute atomic E-state index is 0.113. The highest BCUT2D eigenvalue weighted by molar-refractivity contribution is 8.00. The number of rotatable bonds is 6. The van der Waals surface area contributed by atoms with Crippen LogP contribution in [-0.2, 0) is 4.79 Å². The second kappa shape index (κ2) is 8.26. The van der Waals surface area contributed by atoms with Gasteiger partial charge in [-0.25, -0.2) is 0 Å². The summed E-state index contributed by atoms with van der Waals surface area (Å²) in [6, 6.07) is 13.3. The molecule has 27 heavy (non-hydrogen) atoms. The third-order valence-corrected chi connectivity index (χ3v) is 4.98. The van der Waals surface area contributed by atoms with Crippen molar-refractivity contribution in [1.82, 2.24) is 10.2 Å². The number of hydrogen-bond acceptors (Lipinski definition) is 6. The van der Waals surface area contributed by atoms with Crippen LogP contribution in [0.5, 0.6) is 5.75 Å². The lowest BCUT2D eigenvalue weighted by atomic mass is 10.1. The fourth-order valence-corrected chi connectivity index (χ4v) is 3.10. The summed E-state index contributed by atoms with van der Waals surface area (Å²) in [6.45, 7) is 5.76. The Morgan fingerprint density at radius 1 is 1.15 bits per heavy atom. The molecule has 0 spiro atoms. The summed E-state index contributed by atoms with van der Waals surface area (Å²) in [6.07, 6.45) is 0. The van der Waals surface area contributed by atoms with E-state index in [0.29, 0.717) is 11.1 Å². The van der Waals surface area contributed by atoms with Gasteiger partial charge in [0, 0.05) is 11.3 Å². The van der Waals surface area contributed by atoms with Crippen LogP contribution in [0.2, 0.25) is 0 Å². The monoisotopic (exact) mass is 383 g/mol. The number of anilines is 1. The number of nitrogens with one attached hydrogen (secondary N) is 1. The van der Waals surface area contributed by atoms with Crippen LogP contribution >= 0.6 is 11.8 Å². The molecule has 140 valence electrons. The van der Waals surface area contributed by atoms with Crippen molar-refractivity contribution < 1.29 is 13.9 Å². The lowest BCUT2D eigenvalue weighted by Crippen LogP contribution is -2.22. The Bertz CT molecular complexity index is 938. The Balaban J connectivity index is 1.65. The van der Waals surface area contributed by atoms with Crippen molar-refractivity contribution in [3.8, 4) is 17.2 Å². The minimum atomic E-state index is -0.380. The van der Waals surface area contributed by atoms with Crippen molar-refractivity contribution in [2.45, 2.75) is 31.2 Å². The van der Waals surface area contributed by atoms with Crippen LogP contribution in [0.4, 0.5) is 5.69 Å². The fourth-order valence-electron chi connectivity index (χ4n) is 2.42. The second-order valence-corrected chi connectivity index (χ2v) is 7.46. The molecule has 0 saturated heterocycles. The highest BCUT2D eigenvalue weighted by Crippen LogP contribution is 2.28. The molecule has 0 bridgehead atoms. The zero-order valence-corrected chi connectivity index (χ0v) is 16.5. The van der Waals surface area contributed by atoms with Crippen molar-refractivity contribution in [3.05, 3.63) is 53.6 Å². The zero-order valence-electron chi connectivity index (χ0n) is 15.6. The Morgan fingerprint density at radius 2 is 1.89 bits per heavy atom. The van der Waals surface area contributed by atoms with Crippen LogP contribution in [-0.4, -0.2) is 28.5 Å². The van der Waals surface area contributed by atoms with Gasteiger partial charge in [-0.3, -0.25) is 4.79 Å². The van der Waals surface area contributed by atoms with Gasteiger partial charge < -0.3 is 14.5 Å². The maximum absolute atomic E-state index is 12.5. The van der Waals surface area contributed by atoms with Gasteiger partial charge in [0.1, 0.15) is 5.75 Å². The van der Waals surface area contributed by atoms with Gasteiger partial charge in [-0.05, 0) is 62.2 Å². The predicted octanol–water partition coefficient (Wildman–Crippen LogP) is 4.48. The molecule has 0 unspecified atom stereocenters. The van der Waals surface area contributed by atoms with Crippen molar-refractivity contribution >= 4 is 23.4 Å². The van der Waals surface area contributed by atoms with E-state index in [1.807, 2.05) is 63.2 Å². The summed E-state index contributed by atoms with van der Waals surface area (Å²) in [5.74, 6) is 1.05. The molecule has 1 aromatic heterocycles. The van der Waals surface area contributed by atoms with E-state index in [-0.39, 0.29) is 11.2 Å². The van der Waals surface area contributed by atoms with E-state index in [4.69, 9.17) is 9.15 Å². The van der Waals surface area contributed by atoms with Gasteiger partial charge in [0.2, 0.25) is 11.8 Å². The molecule has 1 atom stereocenters. The number of hydrogen-bond donors (Lipinski definition) is 1. The van der Waals surface area contributed by atoms with Crippen LogP contribution in [0, 0.1) is 13.8 Å². The Kier molecular flexibility index (Phi) is 5.81. The average Bonchev–Trinajstić information content (AvgIpc) is 3.13. The van der Waals surface area contributed by atoms with E-state index in [1.54, 1.807) is 7.11 Å². The first-order valence-corrected chi connectivity index (χ1v) is 9.37. The minimum Gasteiger partial charge on any atom is -0.497 e. The van der Waals surface area contributed by atoms with Crippen molar-refractivity contribution in [1.29, 1.82) is 0 Å². The van der Waals surface area contributed by atoms with Gasteiger partial charge in [-0.15, -0.1) is 10.2 Å². The first-order chi connectivity index (χ1) is 13.0. The molecular weight excluding hydrogens is 362 g/mol. The smallest absolute Gasteiger partial charge is 0.277 e. The van der Waals surface area contributed by atoms with E-state index in [1.165, 1.54) is 11.8 Å². The van der Waals surface area contributed by atoms with E-state index < -0.39 is 0 Å². The SMILES string of the molecule is COc1ccc(-c2nnc(S[C@@H](C)C(=O)Nc3cc(C)ccc3C)o2)cc1. The summed E-state index contributed by atoms with van der Waals surface area (Å²) >= 11 is 1.23. The van der Waals surface area contributed by atoms with Crippen molar-refractivity contribution in [2.75, 3.05) is 12.4 Å². The summed E-state index contributed by atoms with van der Waals surface area (Å²) in [5.41, 5.74) is 3.72. The number of benzene rings is 2. The molecule has 0 aliphatic carbocycles. The Labute approximate surface area is 162 Å². The number of aryl methyl sites for hydroxylation is 2. The number of carbonyl (C=O) groups excluding carboxylic acids is 1. The van der Waals surface area contributed by atoms with Crippen LogP contribution in [0.3, 0.4) is 0 Å². The van der Waals surface area contributed by atoms with E-state index in [9.17, 15) is 4.79 Å². The number of nitrogens with zero attached hydrogens (tertiary/aromatic N) is 2. The zero-order chi connectivity index (χ0) is 19.4. The van der Waals surface area contributed by atoms with E-state index in [2.05, 4.69) is 15.5 Å². The first-order valence-electron chi connectivity index (χ1n) is 8.49. The van der Waals surface area contributed by atoms with Crippen LogP contribution in [0.25, 0.3) is 11.5 Å². The average molecular weight is 383 g/mol. The fraction of sp³-hybridized carbons (Fsp3) is 0.250. The lowest BCUT2D eigenvalue weighted by Gasteiger charge is -2.12. The number of methoxy groups -OCH3 is 1. The topological polar surface area (TPSA) is 77.2 Å². The van der Waals surface area contributed by atoms with Crippen molar-refractivity contribution in [2.24, 2.45) is 0 Å². The maximum atomic E-state index is 12.5. The Hall–Kier alpha value is -2.80. The quantitative estimate of drug-likeness (QED) is 0.632. The number of thioether (sulfide) groups is 1. The maximum Gasteiger partial charge on any atom is 0.277 e. The van der Waals surface area contributed by atoms with Crippen LogP contribution in [0.15, 0.2) is 52.1 Å². The largest absolute Gasteiger partial charge is 0.497 e. The molecule has 0 fully saturated rings. The molecule has 0 saturated carbocycles. The number of ether oxygens (including phenoxy) is 1. The highest BCUT2D eigenvalue weighted by Gasteiger charge is 2.19. The van der Waals surface area contributed by atoms with Gasteiger partial charge in [0.15, 0.2) is 0 Å². The van der Waals surface area contributed by atoms with Gasteiger partial charge in [0.05, 0.1) is 12.4 Å². The van der Waals surface area contributed by atoms with Crippen molar-refractivity contribution in [3.63, 3.8) is 0 Å². The summed E-state index contributed by atoms with van der Waals surface area (Å²) in [4.78, 5) is 12.5. The summed E-state index contributed by atoms with van der Waals surface area (Å²) in [5, 5.41) is 11.0. The first kappa shape index (κ1) is 19.0. The van der Waals surface area contributed by atoms with Crippen LogP contribution < -0.4 is 10.1 Å². The Morgan fingerprint density at radius 3 is 2.59 bits per heavy atom. The van der Waals surface area contributed by atoms with Gasteiger partial charge in [-0.1, -0.05) is 23.9 Å². The number of aromatic nitrogens is 2. The number of carbonyl (C=O) groups is 1. The standard InChI is InChI=1S/C20H21N3O3S/c1-12-5-6-13(2)17(11-12)21-18(24)14(3)27-20-23-22-19(26-20)15-7-9-16(25-4)10-8-15/h5-11,14H,1-4H3,(H,21,24)/t14-/m0/s1. The van der Waals surface area contributed by atoms with Gasteiger partial charge >= 0.3 is 0 Å². The highest BCUT2D eigenvalue weighted by atomic mass is 32.2. The molecular formula is C20H21N3O3S. The molecule has 0 aliphatic heterocycles. The molecule has 2 aromatic carbocycles. The molecule has 1 heterocycles. The molecule has 1 amide bonds. The number of amides is 1. The second-order valence-electron chi connectivity index (χ2n) is 6.17. The lowest BCUT2D eigenvalue weighted by molar-refractivity contribution is -0.115. The normalized spacial score (nSPS) is 11.9. The molecule has 3 rings (SSSR count). The van der Waals surface area contributed by atoms with Gasteiger partial charge in [-0.2, -0.15) is 0 Å². The summed E-state index contributed by atoms with van der Waals surface area (Å²) in [7, 11) is 1.61. The summed E-state index contributed by atoms with van der Waals surface area (Å²) < 4.78 is 10.8. The molecule has 0 radical (unpaired) electrons. The molecule has 0 aliphatic rings.